The largest absolute Gasteiger partial charge is 0.359 e. The van der Waals surface area contributed by atoms with E-state index >= 15 is 0 Å². The van der Waals surface area contributed by atoms with Crippen molar-refractivity contribution in [3.63, 3.8) is 0 Å². The summed E-state index contributed by atoms with van der Waals surface area (Å²) < 4.78 is 0. The third-order valence-electron chi connectivity index (χ3n) is 4.20. The topological polar surface area (TPSA) is 53.5 Å². The van der Waals surface area contributed by atoms with E-state index in [1.165, 1.54) is 32.1 Å². The number of thioether (sulfide) groups is 1. The molecule has 0 aromatic rings. The Morgan fingerprint density at radius 3 is 2.89 bits per heavy atom. The summed E-state index contributed by atoms with van der Waals surface area (Å²) in [6.07, 6.45) is 9.44. The molecule has 106 valence electrons. The van der Waals surface area contributed by atoms with Crippen molar-refractivity contribution in [1.82, 2.24) is 10.6 Å². The molecule has 3 fully saturated rings. The quantitative estimate of drug-likeness (QED) is 0.829. The second-order valence-corrected chi connectivity index (χ2v) is 7.00. The first kappa shape index (κ1) is 13.3. The van der Waals surface area contributed by atoms with Crippen LogP contribution in [0.3, 0.4) is 0 Å². The van der Waals surface area contributed by atoms with E-state index < -0.39 is 0 Å². The van der Waals surface area contributed by atoms with E-state index in [2.05, 4.69) is 15.6 Å². The molecular formula is C14H23N3OS. The van der Waals surface area contributed by atoms with Crippen LogP contribution >= 0.6 is 11.8 Å². The molecule has 3 rings (SSSR count). The predicted octanol–water partition coefficient (Wildman–Crippen LogP) is 2.05. The second kappa shape index (κ2) is 5.73. The van der Waals surface area contributed by atoms with E-state index in [4.69, 9.17) is 0 Å². The summed E-state index contributed by atoms with van der Waals surface area (Å²) in [6, 6.07) is 0.463. The molecule has 0 radical (unpaired) electrons. The number of nitrogens with one attached hydrogen (secondary N) is 2. The Labute approximate surface area is 119 Å². The first-order chi connectivity index (χ1) is 9.26. The van der Waals surface area contributed by atoms with Gasteiger partial charge < -0.3 is 10.6 Å². The lowest BCUT2D eigenvalue weighted by Crippen LogP contribution is -2.45. The van der Waals surface area contributed by atoms with E-state index in [0.717, 1.165) is 23.8 Å². The minimum atomic E-state index is 0.155. The molecule has 0 unspecified atom stereocenters. The van der Waals surface area contributed by atoms with E-state index in [-0.39, 0.29) is 5.91 Å². The summed E-state index contributed by atoms with van der Waals surface area (Å²) in [4.78, 5) is 16.1. The van der Waals surface area contributed by atoms with E-state index in [9.17, 15) is 4.79 Å². The average molecular weight is 281 g/mol. The number of rotatable bonds is 4. The lowest BCUT2D eigenvalue weighted by Gasteiger charge is -2.32. The Bertz CT molecular complexity index is 373. The van der Waals surface area contributed by atoms with Gasteiger partial charge in [0.15, 0.2) is 5.17 Å². The number of nitrogens with zero attached hydrogens (tertiary/aromatic N) is 1. The van der Waals surface area contributed by atoms with Gasteiger partial charge in [0, 0.05) is 23.8 Å². The van der Waals surface area contributed by atoms with Crippen molar-refractivity contribution in [2.75, 3.05) is 12.3 Å². The Hall–Kier alpha value is -0.710. The zero-order valence-electron chi connectivity index (χ0n) is 11.4. The Morgan fingerprint density at radius 2 is 2.16 bits per heavy atom. The summed E-state index contributed by atoms with van der Waals surface area (Å²) in [6.45, 7) is 0.615. The standard InChI is InChI=1S/C14H23N3OS/c18-12(16-11-4-5-11)6-9-15-13-17-14(10-19-13)7-2-1-3-8-14/h11H,1-10H2,(H,15,17)(H,16,18). The van der Waals surface area contributed by atoms with Crippen LogP contribution in [0.15, 0.2) is 4.99 Å². The molecule has 2 saturated carbocycles. The average Bonchev–Trinajstić information content (AvgIpc) is 3.13. The second-order valence-electron chi connectivity index (χ2n) is 6.03. The first-order valence-corrected chi connectivity index (χ1v) is 8.49. The highest BCUT2D eigenvalue weighted by Crippen LogP contribution is 2.36. The zero-order chi connectivity index (χ0) is 13.1. The van der Waals surface area contributed by atoms with E-state index in [0.29, 0.717) is 24.5 Å². The van der Waals surface area contributed by atoms with Crippen LogP contribution in [0.2, 0.25) is 0 Å². The molecule has 2 aliphatic carbocycles. The highest BCUT2D eigenvalue weighted by atomic mass is 32.2. The van der Waals surface area contributed by atoms with Gasteiger partial charge in [0.05, 0.1) is 6.54 Å². The number of amidine groups is 1. The maximum atomic E-state index is 11.6. The van der Waals surface area contributed by atoms with Crippen LogP contribution in [0.5, 0.6) is 0 Å². The smallest absolute Gasteiger partial charge is 0.222 e. The first-order valence-electron chi connectivity index (χ1n) is 7.51. The van der Waals surface area contributed by atoms with Gasteiger partial charge in [-0.05, 0) is 25.7 Å². The minimum absolute atomic E-state index is 0.155. The van der Waals surface area contributed by atoms with E-state index in [1.807, 2.05) is 11.8 Å². The third-order valence-corrected chi connectivity index (χ3v) is 5.41. The molecule has 1 spiro atoms. The maximum absolute atomic E-state index is 11.6. The molecule has 0 bridgehead atoms. The van der Waals surface area contributed by atoms with Gasteiger partial charge in [-0.3, -0.25) is 9.79 Å². The number of amides is 1. The lowest BCUT2D eigenvalue weighted by molar-refractivity contribution is -0.121. The summed E-state index contributed by atoms with van der Waals surface area (Å²) in [7, 11) is 0. The van der Waals surface area contributed by atoms with Crippen molar-refractivity contribution in [2.24, 2.45) is 4.99 Å². The molecule has 0 atom stereocenters. The number of carbonyl (C=O) groups excluding carboxylic acids is 1. The molecule has 1 saturated heterocycles. The van der Waals surface area contributed by atoms with Crippen molar-refractivity contribution in [3.8, 4) is 0 Å². The van der Waals surface area contributed by atoms with Crippen LogP contribution in [-0.4, -0.2) is 35.0 Å². The number of carbonyl (C=O) groups is 1. The fraction of sp³-hybridized carbons (Fsp3) is 0.857. The van der Waals surface area contributed by atoms with Gasteiger partial charge >= 0.3 is 0 Å². The van der Waals surface area contributed by atoms with Gasteiger partial charge in [-0.2, -0.15) is 0 Å². The highest BCUT2D eigenvalue weighted by Gasteiger charge is 2.37. The highest BCUT2D eigenvalue weighted by molar-refractivity contribution is 8.14. The minimum Gasteiger partial charge on any atom is -0.359 e. The monoisotopic (exact) mass is 281 g/mol. The molecule has 3 aliphatic rings. The van der Waals surface area contributed by atoms with Crippen molar-refractivity contribution in [3.05, 3.63) is 0 Å². The van der Waals surface area contributed by atoms with Crippen molar-refractivity contribution in [2.45, 2.75) is 62.9 Å². The summed E-state index contributed by atoms with van der Waals surface area (Å²) in [5.41, 5.74) is 0.317. The van der Waals surface area contributed by atoms with Crippen molar-refractivity contribution < 1.29 is 4.79 Å². The predicted molar refractivity (Wildman–Crippen MR) is 79.5 cm³/mol. The van der Waals surface area contributed by atoms with Crippen LogP contribution in [0.1, 0.15) is 51.4 Å². The van der Waals surface area contributed by atoms with Gasteiger partial charge in [-0.25, -0.2) is 0 Å². The Morgan fingerprint density at radius 1 is 1.37 bits per heavy atom. The number of hydrogen-bond acceptors (Lipinski definition) is 3. The van der Waals surface area contributed by atoms with E-state index in [1.54, 1.807) is 0 Å². The van der Waals surface area contributed by atoms with Crippen molar-refractivity contribution >= 4 is 22.8 Å². The molecule has 1 heterocycles. The Kier molecular flexibility index (Phi) is 4.01. The molecule has 0 aromatic carbocycles. The van der Waals surface area contributed by atoms with Crippen LogP contribution < -0.4 is 10.6 Å². The van der Waals surface area contributed by atoms with Crippen LogP contribution in [-0.2, 0) is 4.79 Å². The molecule has 1 amide bonds. The molecule has 1 aliphatic heterocycles. The molecule has 19 heavy (non-hydrogen) atoms. The third kappa shape index (κ3) is 3.65. The summed E-state index contributed by atoms with van der Waals surface area (Å²) in [5, 5.41) is 7.67. The normalized spacial score (nSPS) is 27.5. The van der Waals surface area contributed by atoms with Crippen LogP contribution in [0.4, 0.5) is 0 Å². The summed E-state index contributed by atoms with van der Waals surface area (Å²) in [5.74, 6) is 1.31. The van der Waals surface area contributed by atoms with Crippen LogP contribution in [0, 0.1) is 0 Å². The SMILES string of the molecule is O=C(CCN=C1NC2(CCCCC2)CS1)NC1CC1. The van der Waals surface area contributed by atoms with Gasteiger partial charge in [0.2, 0.25) is 5.91 Å². The molecule has 5 heteroatoms. The number of hydrogen-bond donors (Lipinski definition) is 2. The van der Waals surface area contributed by atoms with Gasteiger partial charge in [-0.15, -0.1) is 0 Å². The van der Waals surface area contributed by atoms with Gasteiger partial charge in [-0.1, -0.05) is 31.0 Å². The molecule has 4 nitrogen and oxygen atoms in total. The maximum Gasteiger partial charge on any atom is 0.222 e. The molecular weight excluding hydrogens is 258 g/mol. The summed E-state index contributed by atoms with van der Waals surface area (Å²) >= 11 is 1.83. The molecule has 0 aromatic heterocycles. The van der Waals surface area contributed by atoms with Gasteiger partial charge in [0.25, 0.3) is 0 Å². The van der Waals surface area contributed by atoms with Crippen LogP contribution in [0.25, 0.3) is 0 Å². The van der Waals surface area contributed by atoms with Gasteiger partial charge in [0.1, 0.15) is 0 Å². The fourth-order valence-electron chi connectivity index (χ4n) is 2.88. The Balaban J connectivity index is 1.42. The lowest BCUT2D eigenvalue weighted by atomic mass is 9.83. The fourth-order valence-corrected chi connectivity index (χ4v) is 4.12. The van der Waals surface area contributed by atoms with Crippen molar-refractivity contribution in [1.29, 1.82) is 0 Å². The zero-order valence-corrected chi connectivity index (χ0v) is 12.2. The number of aliphatic imine (C=N–C) groups is 1. The molecule has 2 N–H and O–H groups in total.